The van der Waals surface area contributed by atoms with Gasteiger partial charge in [0.1, 0.15) is 5.75 Å². The highest BCUT2D eigenvalue weighted by molar-refractivity contribution is 6.32. The van der Waals surface area contributed by atoms with Crippen molar-refractivity contribution >= 4 is 17.7 Å². The number of rotatable bonds is 1. The van der Waals surface area contributed by atoms with Gasteiger partial charge < -0.3 is 15.1 Å². The number of likely N-dealkylation sites (tertiary alicyclic amines) is 1. The Balaban J connectivity index is 2.05. The minimum Gasteiger partial charge on any atom is -0.506 e. The number of piperidine rings is 1. The van der Waals surface area contributed by atoms with Crippen molar-refractivity contribution in [2.45, 2.75) is 18.8 Å². The molecule has 0 saturated carbocycles. The summed E-state index contributed by atoms with van der Waals surface area (Å²) in [4.78, 5) is 12.2. The average molecular weight is 256 g/mol. The zero-order valence-corrected chi connectivity index (χ0v) is 10.0. The summed E-state index contributed by atoms with van der Waals surface area (Å²) < 4.78 is 0. The van der Waals surface area contributed by atoms with Gasteiger partial charge in [-0.2, -0.15) is 0 Å². The van der Waals surface area contributed by atoms with Crippen molar-refractivity contribution in [3.8, 4) is 5.75 Å². The van der Waals surface area contributed by atoms with E-state index in [1.54, 1.807) is 12.1 Å². The Morgan fingerprint density at radius 3 is 2.53 bits per heavy atom. The first kappa shape index (κ1) is 12.0. The Hall–Kier alpha value is -1.42. The molecule has 1 saturated heterocycles. The standard InChI is InChI=1S/C12H14ClNO3/c13-10-7-9(1-2-11(10)15)8-3-5-14(6-4-8)12(16)17/h1-2,7-8,15H,3-6H2,(H,16,17). The fourth-order valence-electron chi connectivity index (χ4n) is 2.18. The zero-order chi connectivity index (χ0) is 12.4. The van der Waals surface area contributed by atoms with Gasteiger partial charge in [0.15, 0.2) is 0 Å². The predicted molar refractivity (Wildman–Crippen MR) is 64.7 cm³/mol. The summed E-state index contributed by atoms with van der Waals surface area (Å²) in [5, 5.41) is 18.5. The molecule has 1 aliphatic rings. The lowest BCUT2D eigenvalue weighted by atomic mass is 9.89. The molecule has 17 heavy (non-hydrogen) atoms. The Bertz CT molecular complexity index is 428. The van der Waals surface area contributed by atoms with Gasteiger partial charge in [-0.05, 0) is 36.5 Å². The van der Waals surface area contributed by atoms with E-state index in [4.69, 9.17) is 16.7 Å². The molecule has 0 bridgehead atoms. The molecule has 1 fully saturated rings. The molecule has 1 aromatic rings. The van der Waals surface area contributed by atoms with Crippen LogP contribution in [0.5, 0.6) is 5.75 Å². The number of phenols is 1. The molecule has 1 heterocycles. The van der Waals surface area contributed by atoms with Crippen LogP contribution in [0.3, 0.4) is 0 Å². The third-order valence-electron chi connectivity index (χ3n) is 3.21. The Morgan fingerprint density at radius 1 is 1.35 bits per heavy atom. The summed E-state index contributed by atoms with van der Waals surface area (Å²) in [7, 11) is 0. The molecule has 92 valence electrons. The summed E-state index contributed by atoms with van der Waals surface area (Å²) in [6.07, 6.45) is 0.744. The lowest BCUT2D eigenvalue weighted by Gasteiger charge is -2.30. The van der Waals surface area contributed by atoms with Crippen LogP contribution in [0.2, 0.25) is 5.02 Å². The van der Waals surface area contributed by atoms with Crippen LogP contribution >= 0.6 is 11.6 Å². The van der Waals surface area contributed by atoms with E-state index in [-0.39, 0.29) is 5.75 Å². The van der Waals surface area contributed by atoms with Crippen LogP contribution in [-0.2, 0) is 0 Å². The predicted octanol–water partition coefficient (Wildman–Crippen LogP) is 2.90. The number of carboxylic acid groups (broad SMARTS) is 1. The lowest BCUT2D eigenvalue weighted by Crippen LogP contribution is -2.36. The second kappa shape index (κ2) is 4.84. The minimum atomic E-state index is -0.854. The van der Waals surface area contributed by atoms with Gasteiger partial charge in [0, 0.05) is 13.1 Å². The van der Waals surface area contributed by atoms with E-state index in [9.17, 15) is 9.90 Å². The number of nitrogens with zero attached hydrogens (tertiary/aromatic N) is 1. The summed E-state index contributed by atoms with van der Waals surface area (Å²) in [5.41, 5.74) is 1.07. The molecule has 5 heteroatoms. The van der Waals surface area contributed by atoms with Crippen molar-refractivity contribution in [3.63, 3.8) is 0 Å². The van der Waals surface area contributed by atoms with Gasteiger partial charge in [-0.1, -0.05) is 17.7 Å². The molecule has 0 radical (unpaired) electrons. The first-order chi connectivity index (χ1) is 8.08. The smallest absolute Gasteiger partial charge is 0.407 e. The molecule has 0 aliphatic carbocycles. The number of benzene rings is 1. The molecule has 0 aromatic heterocycles. The quantitative estimate of drug-likeness (QED) is 0.811. The molecule has 1 aliphatic heterocycles. The van der Waals surface area contributed by atoms with Crippen molar-refractivity contribution < 1.29 is 15.0 Å². The normalized spacial score (nSPS) is 17.1. The highest BCUT2D eigenvalue weighted by Gasteiger charge is 2.23. The summed E-state index contributed by atoms with van der Waals surface area (Å²) in [5.74, 6) is 0.405. The third kappa shape index (κ3) is 2.64. The van der Waals surface area contributed by atoms with Crippen LogP contribution in [0.15, 0.2) is 18.2 Å². The fraction of sp³-hybridized carbons (Fsp3) is 0.417. The topological polar surface area (TPSA) is 60.8 Å². The van der Waals surface area contributed by atoms with Gasteiger partial charge in [-0.25, -0.2) is 4.79 Å². The molecule has 0 unspecified atom stereocenters. The SMILES string of the molecule is O=C(O)N1CCC(c2ccc(O)c(Cl)c2)CC1. The van der Waals surface area contributed by atoms with Crippen LogP contribution in [0.25, 0.3) is 0 Å². The molecular formula is C12H14ClNO3. The summed E-state index contributed by atoms with van der Waals surface area (Å²) >= 11 is 5.86. The van der Waals surface area contributed by atoms with Gasteiger partial charge >= 0.3 is 6.09 Å². The second-order valence-corrected chi connectivity index (χ2v) is 4.66. The maximum Gasteiger partial charge on any atom is 0.407 e. The molecule has 0 atom stereocenters. The first-order valence-corrected chi connectivity index (χ1v) is 5.92. The van der Waals surface area contributed by atoms with E-state index in [0.29, 0.717) is 24.0 Å². The van der Waals surface area contributed by atoms with E-state index < -0.39 is 6.09 Å². The average Bonchev–Trinajstić information content (AvgIpc) is 2.33. The van der Waals surface area contributed by atoms with E-state index in [1.807, 2.05) is 6.07 Å². The van der Waals surface area contributed by atoms with Crippen LogP contribution in [0, 0.1) is 0 Å². The summed E-state index contributed by atoms with van der Waals surface area (Å²) in [6, 6.07) is 5.20. The molecule has 1 amide bonds. The number of aromatic hydroxyl groups is 1. The number of amides is 1. The van der Waals surface area contributed by atoms with Gasteiger partial charge in [0.25, 0.3) is 0 Å². The van der Waals surface area contributed by atoms with Crippen molar-refractivity contribution in [3.05, 3.63) is 28.8 Å². The first-order valence-electron chi connectivity index (χ1n) is 5.54. The number of phenolic OH excluding ortho intramolecular Hbond substituents is 1. The van der Waals surface area contributed by atoms with Gasteiger partial charge in [-0.15, -0.1) is 0 Å². The van der Waals surface area contributed by atoms with E-state index in [1.165, 1.54) is 4.90 Å². The van der Waals surface area contributed by atoms with Crippen molar-refractivity contribution in [1.82, 2.24) is 4.90 Å². The van der Waals surface area contributed by atoms with E-state index in [0.717, 1.165) is 18.4 Å². The van der Waals surface area contributed by atoms with E-state index >= 15 is 0 Å². The Morgan fingerprint density at radius 2 is 2.00 bits per heavy atom. The zero-order valence-electron chi connectivity index (χ0n) is 9.27. The lowest BCUT2D eigenvalue weighted by molar-refractivity contribution is 0.132. The highest BCUT2D eigenvalue weighted by Crippen LogP contribution is 2.32. The van der Waals surface area contributed by atoms with Crippen LogP contribution < -0.4 is 0 Å². The largest absolute Gasteiger partial charge is 0.506 e. The van der Waals surface area contributed by atoms with E-state index in [2.05, 4.69) is 0 Å². The molecule has 1 aromatic carbocycles. The third-order valence-corrected chi connectivity index (χ3v) is 3.51. The minimum absolute atomic E-state index is 0.0818. The van der Waals surface area contributed by atoms with Crippen molar-refractivity contribution in [2.75, 3.05) is 13.1 Å². The van der Waals surface area contributed by atoms with Gasteiger partial charge in [-0.3, -0.25) is 0 Å². The second-order valence-electron chi connectivity index (χ2n) is 4.25. The Kier molecular flexibility index (Phi) is 3.43. The number of carbonyl (C=O) groups is 1. The molecule has 4 nitrogen and oxygen atoms in total. The van der Waals surface area contributed by atoms with Gasteiger partial charge in [0.2, 0.25) is 0 Å². The van der Waals surface area contributed by atoms with Crippen molar-refractivity contribution in [2.24, 2.45) is 0 Å². The maximum atomic E-state index is 10.8. The van der Waals surface area contributed by atoms with Crippen LogP contribution in [0.4, 0.5) is 4.79 Å². The fourth-order valence-corrected chi connectivity index (χ4v) is 2.37. The van der Waals surface area contributed by atoms with Gasteiger partial charge in [0.05, 0.1) is 5.02 Å². The summed E-state index contributed by atoms with van der Waals surface area (Å²) in [6.45, 7) is 1.11. The maximum absolute atomic E-state index is 10.8. The van der Waals surface area contributed by atoms with Crippen LogP contribution in [0.1, 0.15) is 24.3 Å². The van der Waals surface area contributed by atoms with Crippen molar-refractivity contribution in [1.29, 1.82) is 0 Å². The number of halogens is 1. The number of hydrogen-bond donors (Lipinski definition) is 2. The molecule has 2 N–H and O–H groups in total. The molecule has 2 rings (SSSR count). The van der Waals surface area contributed by atoms with Crippen LogP contribution in [-0.4, -0.2) is 34.3 Å². The monoisotopic (exact) mass is 255 g/mol. The molecule has 0 spiro atoms. The Labute approximate surface area is 104 Å². The number of hydrogen-bond acceptors (Lipinski definition) is 2. The molecular weight excluding hydrogens is 242 g/mol. The highest BCUT2D eigenvalue weighted by atomic mass is 35.5.